The van der Waals surface area contributed by atoms with Gasteiger partial charge in [0.25, 0.3) is 11.6 Å². The zero-order valence-electron chi connectivity index (χ0n) is 30.9. The lowest BCUT2D eigenvalue weighted by atomic mass is 9.87. The number of carboxylic acid groups (broad SMARTS) is 2. The lowest BCUT2D eigenvalue weighted by Crippen LogP contribution is -2.70. The van der Waals surface area contributed by atoms with Gasteiger partial charge in [0.1, 0.15) is 36.6 Å². The van der Waals surface area contributed by atoms with E-state index in [9.17, 15) is 60.0 Å². The van der Waals surface area contributed by atoms with Crippen LogP contribution in [-0.2, 0) is 49.5 Å². The third-order valence-corrected chi connectivity index (χ3v) is 10.8. The average Bonchev–Trinajstić information content (AvgIpc) is 3.08. The first kappa shape index (κ1) is 45.3. The summed E-state index contributed by atoms with van der Waals surface area (Å²) in [5, 5.41) is 90.8. The van der Waals surface area contributed by atoms with Gasteiger partial charge < -0.3 is 75.2 Å². The highest BCUT2D eigenvalue weighted by Crippen LogP contribution is 2.38. The molecule has 0 saturated carbocycles. The van der Waals surface area contributed by atoms with E-state index < -0.39 is 130 Å². The van der Waals surface area contributed by atoms with Crippen LogP contribution in [0.25, 0.3) is 0 Å². The van der Waals surface area contributed by atoms with Gasteiger partial charge in [-0.05, 0) is 11.6 Å². The summed E-state index contributed by atoms with van der Waals surface area (Å²) in [6.45, 7) is 6.31. The van der Waals surface area contributed by atoms with Gasteiger partial charge in [-0.15, -0.1) is 0 Å². The van der Waals surface area contributed by atoms with E-state index in [-0.39, 0.29) is 13.2 Å². The van der Waals surface area contributed by atoms with Crippen LogP contribution >= 0.6 is 0 Å². The van der Waals surface area contributed by atoms with Crippen LogP contribution in [0.15, 0.2) is 30.3 Å². The number of hydrogen-bond donors (Lipinski definition) is 10. The van der Waals surface area contributed by atoms with Gasteiger partial charge in [-0.25, -0.2) is 9.59 Å². The zero-order chi connectivity index (χ0) is 40.6. The minimum absolute atomic E-state index is 0.102. The predicted octanol–water partition coefficient (Wildman–Crippen LogP) is -2.11. The number of benzene rings is 1. The Hall–Kier alpha value is -3.12. The number of carbonyl (C=O) groups is 4. The van der Waals surface area contributed by atoms with Gasteiger partial charge in [0.2, 0.25) is 11.8 Å². The first-order chi connectivity index (χ1) is 25.1. The maximum atomic E-state index is 13.1. The summed E-state index contributed by atoms with van der Waals surface area (Å²) in [5.74, 6) is -10.5. The van der Waals surface area contributed by atoms with Crippen LogP contribution in [-0.4, -0.2) is 165 Å². The van der Waals surface area contributed by atoms with Crippen molar-refractivity contribution in [3.05, 3.63) is 35.9 Å². The third kappa shape index (κ3) is 11.7. The summed E-state index contributed by atoms with van der Waals surface area (Å²) in [6, 6.07) is 6.06. The molecule has 2 saturated heterocycles. The normalized spacial score (nSPS) is 31.1. The Labute approximate surface area is 313 Å². The maximum Gasteiger partial charge on any atom is 0.364 e. The van der Waals surface area contributed by atoms with Crippen molar-refractivity contribution in [2.24, 2.45) is 0 Å². The van der Waals surface area contributed by atoms with Gasteiger partial charge in [-0.1, -0.05) is 50.0 Å². The van der Waals surface area contributed by atoms with Crippen molar-refractivity contribution < 1.29 is 83.7 Å². The van der Waals surface area contributed by atoms with Crippen molar-refractivity contribution in [2.75, 3.05) is 19.8 Å². The molecular formula is C34H54N2O17Si. The molecule has 1 aromatic carbocycles. The second-order valence-electron chi connectivity index (χ2n) is 14.8. The minimum Gasteiger partial charge on any atom is -0.477 e. The fourth-order valence-electron chi connectivity index (χ4n) is 6.25. The zero-order valence-corrected chi connectivity index (χ0v) is 31.9. The number of aliphatic hydroxyl groups excluding tert-OH is 6. The molecule has 0 aromatic heterocycles. The molecule has 0 spiro atoms. The Balaban J connectivity index is 2.11. The number of rotatable bonds is 19. The lowest BCUT2D eigenvalue weighted by Gasteiger charge is -2.49. The highest BCUT2D eigenvalue weighted by Gasteiger charge is 2.60. The number of hydrogen-bond acceptors (Lipinski definition) is 15. The van der Waals surface area contributed by atoms with Crippen molar-refractivity contribution in [2.45, 2.75) is 131 Å². The molecule has 0 aliphatic carbocycles. The smallest absolute Gasteiger partial charge is 0.364 e. The molecule has 3 rings (SSSR count). The predicted molar refractivity (Wildman–Crippen MR) is 187 cm³/mol. The molecule has 12 atom stereocenters. The summed E-state index contributed by atoms with van der Waals surface area (Å²) in [5.41, 5.74) is 0.642. The molecule has 306 valence electrons. The van der Waals surface area contributed by atoms with Gasteiger partial charge in [0, 0.05) is 41.4 Å². The third-order valence-electron chi connectivity index (χ3n) is 9.10. The Morgan fingerprint density at radius 3 is 1.83 bits per heavy atom. The largest absolute Gasteiger partial charge is 0.477 e. The van der Waals surface area contributed by atoms with E-state index >= 15 is 0 Å². The number of carboxylic acids is 2. The van der Waals surface area contributed by atoms with Crippen LogP contribution < -0.4 is 10.6 Å². The molecule has 2 amide bonds. The van der Waals surface area contributed by atoms with E-state index in [1.807, 2.05) is 19.6 Å². The van der Waals surface area contributed by atoms with E-state index in [1.54, 1.807) is 30.3 Å². The molecule has 2 aliphatic rings. The molecule has 0 radical (unpaired) electrons. The second-order valence-corrected chi connectivity index (χ2v) is 20.4. The molecule has 54 heavy (non-hydrogen) atoms. The summed E-state index contributed by atoms with van der Waals surface area (Å²) < 4.78 is 29.3. The Bertz CT molecular complexity index is 1420. The molecule has 2 aliphatic heterocycles. The van der Waals surface area contributed by atoms with Crippen LogP contribution in [0.2, 0.25) is 25.7 Å². The van der Waals surface area contributed by atoms with E-state index in [1.165, 1.54) is 0 Å². The topological polar surface area (TPSA) is 300 Å². The molecule has 2 fully saturated rings. The highest BCUT2D eigenvalue weighted by atomic mass is 28.3. The van der Waals surface area contributed by atoms with E-state index in [2.05, 4.69) is 10.6 Å². The maximum absolute atomic E-state index is 13.1. The van der Waals surface area contributed by atoms with Crippen molar-refractivity contribution >= 4 is 31.8 Å². The van der Waals surface area contributed by atoms with Crippen molar-refractivity contribution in [1.82, 2.24) is 10.6 Å². The first-order valence-corrected chi connectivity index (χ1v) is 21.2. The van der Waals surface area contributed by atoms with Gasteiger partial charge in [-0.3, -0.25) is 9.59 Å². The minimum atomic E-state index is -2.98. The van der Waals surface area contributed by atoms with Crippen LogP contribution in [0.4, 0.5) is 0 Å². The van der Waals surface area contributed by atoms with E-state index in [0.717, 1.165) is 13.8 Å². The molecular weight excluding hydrogens is 736 g/mol. The first-order valence-electron chi connectivity index (χ1n) is 17.5. The summed E-state index contributed by atoms with van der Waals surface area (Å²) in [4.78, 5) is 50.1. The molecule has 2 heterocycles. The number of nitrogens with one attached hydrogen (secondary N) is 2. The highest BCUT2D eigenvalue weighted by molar-refractivity contribution is 6.76. The number of aliphatic hydroxyl groups is 6. The second kappa shape index (κ2) is 19.2. The van der Waals surface area contributed by atoms with Crippen LogP contribution in [0.3, 0.4) is 0 Å². The number of amides is 2. The molecule has 0 unspecified atom stereocenters. The molecule has 10 N–H and O–H groups in total. The fraction of sp³-hybridized carbons (Fsp3) is 0.706. The summed E-state index contributed by atoms with van der Waals surface area (Å²) >= 11 is 0. The van der Waals surface area contributed by atoms with E-state index in [0.29, 0.717) is 11.6 Å². The SMILES string of the molecule is CC(=O)N[C@H]1[C@H]([C@H](O)[C@H](O)CO)O[C@@](O[C@H](COCc2ccccc2)[C@@H](O)[C@@H]2O[C@@](OCC[Si](C)(C)C)(C(=O)O)C[C@H](O)[C@H]2NC(C)=O)(C(=O)O)C[C@@H]1O. The van der Waals surface area contributed by atoms with Crippen LogP contribution in [0.1, 0.15) is 32.3 Å². The number of aliphatic carboxylic acids is 2. The lowest BCUT2D eigenvalue weighted by molar-refractivity contribution is -0.346. The fourth-order valence-corrected chi connectivity index (χ4v) is 6.96. The number of ether oxygens (including phenoxy) is 5. The monoisotopic (exact) mass is 790 g/mol. The van der Waals surface area contributed by atoms with Crippen molar-refractivity contribution in [3.63, 3.8) is 0 Å². The molecule has 1 aromatic rings. The van der Waals surface area contributed by atoms with Crippen molar-refractivity contribution in [1.29, 1.82) is 0 Å². The van der Waals surface area contributed by atoms with E-state index in [4.69, 9.17) is 23.7 Å². The van der Waals surface area contributed by atoms with Gasteiger partial charge in [-0.2, -0.15) is 0 Å². The molecule has 20 heteroatoms. The molecule has 19 nitrogen and oxygen atoms in total. The summed E-state index contributed by atoms with van der Waals surface area (Å²) in [6.07, 6.45) is -17.1. The summed E-state index contributed by atoms with van der Waals surface area (Å²) in [7, 11) is -1.79. The van der Waals surface area contributed by atoms with Gasteiger partial charge >= 0.3 is 11.9 Å². The number of carbonyl (C=O) groups excluding carboxylic acids is 2. The standard InChI is InChI=1S/C34H54N2O17Si/c1-18(38)35-25-22(41)14-34(32(47)48,53-29(25)27(43)23(42)15-37)51-24(17-49-16-20-9-7-6-8-10-20)28(44)30-26(36-19(2)39)21(40)13-33(52-30,31(45)46)50-11-12-54(3,4)5/h6-10,21-30,37,40-44H,11-17H2,1-5H3,(H,35,38)(H,36,39)(H,45,46)(H,47,48)/t21-,22-,23+,24+,25+,26+,27+,28+,29+,30+,33+,34+/m0/s1. The van der Waals surface area contributed by atoms with Gasteiger partial charge in [0.15, 0.2) is 0 Å². The van der Waals surface area contributed by atoms with Crippen LogP contribution in [0.5, 0.6) is 0 Å². The van der Waals surface area contributed by atoms with Crippen molar-refractivity contribution in [3.8, 4) is 0 Å². The van der Waals surface area contributed by atoms with Crippen LogP contribution in [0, 0.1) is 0 Å². The Morgan fingerprint density at radius 1 is 0.852 bits per heavy atom. The Morgan fingerprint density at radius 2 is 1.35 bits per heavy atom. The van der Waals surface area contributed by atoms with Gasteiger partial charge in [0.05, 0.1) is 44.1 Å². The quantitative estimate of drug-likeness (QED) is 0.0671. The Kier molecular flexibility index (Phi) is 16.1. The average molecular weight is 791 g/mol. The molecule has 0 bridgehead atoms.